The lowest BCUT2D eigenvalue weighted by atomic mass is 10.1. The number of carbonyl (C=O) groups is 1. The van der Waals surface area contributed by atoms with Crippen LogP contribution in [0.4, 0.5) is 13.2 Å². The topological polar surface area (TPSA) is 71.8 Å². The number of H-pyrrole nitrogens is 1. The number of nitrogens with zero attached hydrogens (tertiary/aromatic N) is 1. The van der Waals surface area contributed by atoms with Crippen LogP contribution in [0.3, 0.4) is 0 Å². The zero-order valence-corrected chi connectivity index (χ0v) is 7.80. The molecule has 4 nitrogen and oxygen atoms in total. The summed E-state index contributed by atoms with van der Waals surface area (Å²) in [5, 5.41) is 0. The maximum absolute atomic E-state index is 12.4. The summed E-state index contributed by atoms with van der Waals surface area (Å²) in [7, 11) is 0. The summed E-state index contributed by atoms with van der Waals surface area (Å²) >= 11 is 0. The van der Waals surface area contributed by atoms with Crippen LogP contribution in [0.25, 0.3) is 11.0 Å². The van der Waals surface area contributed by atoms with Crippen LogP contribution < -0.4 is 5.73 Å². The van der Waals surface area contributed by atoms with Crippen molar-refractivity contribution in [1.82, 2.24) is 9.97 Å². The highest BCUT2D eigenvalue weighted by Crippen LogP contribution is 2.30. The molecule has 0 saturated heterocycles. The van der Waals surface area contributed by atoms with Crippen LogP contribution in [0.1, 0.15) is 16.1 Å². The molecule has 0 spiro atoms. The second-order valence-corrected chi connectivity index (χ2v) is 3.15. The van der Waals surface area contributed by atoms with Gasteiger partial charge in [-0.1, -0.05) is 0 Å². The Bertz CT molecular complexity index is 559. The second-order valence-electron chi connectivity index (χ2n) is 3.15. The van der Waals surface area contributed by atoms with Crippen molar-refractivity contribution >= 4 is 16.9 Å². The summed E-state index contributed by atoms with van der Waals surface area (Å²) in [5.74, 6) is -0.930. The number of hydrogen-bond acceptors (Lipinski definition) is 2. The van der Waals surface area contributed by atoms with E-state index in [1.54, 1.807) is 0 Å². The number of fused-ring (bicyclic) bond motifs is 1. The van der Waals surface area contributed by atoms with E-state index in [1.165, 1.54) is 12.3 Å². The van der Waals surface area contributed by atoms with Crippen molar-refractivity contribution in [3.63, 3.8) is 0 Å². The lowest BCUT2D eigenvalue weighted by molar-refractivity contribution is -0.140. The molecule has 2 aromatic heterocycles. The van der Waals surface area contributed by atoms with Gasteiger partial charge in [-0.25, -0.2) is 4.98 Å². The summed E-state index contributed by atoms with van der Waals surface area (Å²) in [4.78, 5) is 17.0. The summed E-state index contributed by atoms with van der Waals surface area (Å²) in [6.45, 7) is 0. The first-order chi connectivity index (χ1) is 7.39. The van der Waals surface area contributed by atoms with Crippen molar-refractivity contribution < 1.29 is 18.0 Å². The molecule has 2 heterocycles. The van der Waals surface area contributed by atoms with Gasteiger partial charge in [0, 0.05) is 6.20 Å². The van der Waals surface area contributed by atoms with Gasteiger partial charge in [0.15, 0.2) is 0 Å². The smallest absolute Gasteiger partial charge is 0.366 e. The van der Waals surface area contributed by atoms with Crippen LogP contribution in [-0.2, 0) is 6.18 Å². The van der Waals surface area contributed by atoms with Crippen LogP contribution in [0.5, 0.6) is 0 Å². The van der Waals surface area contributed by atoms with Crippen molar-refractivity contribution in [2.24, 2.45) is 5.73 Å². The van der Waals surface area contributed by atoms with E-state index < -0.39 is 17.8 Å². The van der Waals surface area contributed by atoms with Gasteiger partial charge in [0.1, 0.15) is 5.69 Å². The van der Waals surface area contributed by atoms with Crippen molar-refractivity contribution in [3.05, 3.63) is 29.6 Å². The van der Waals surface area contributed by atoms with E-state index >= 15 is 0 Å². The average Bonchev–Trinajstić information content (AvgIpc) is 2.61. The third-order valence-electron chi connectivity index (χ3n) is 2.07. The number of amides is 1. The maximum atomic E-state index is 12.4. The third-order valence-corrected chi connectivity index (χ3v) is 2.07. The molecule has 0 aromatic carbocycles. The number of primary amides is 1. The lowest BCUT2D eigenvalue weighted by Gasteiger charge is -2.07. The highest BCUT2D eigenvalue weighted by Gasteiger charge is 2.34. The molecule has 0 aliphatic rings. The number of aromatic amines is 1. The predicted octanol–water partition coefficient (Wildman–Crippen LogP) is 1.68. The first-order valence-electron chi connectivity index (χ1n) is 4.24. The van der Waals surface area contributed by atoms with E-state index in [0.29, 0.717) is 6.07 Å². The molecule has 84 valence electrons. The van der Waals surface area contributed by atoms with Gasteiger partial charge in [0.25, 0.3) is 5.91 Å². The molecular weight excluding hydrogens is 223 g/mol. The molecule has 0 atom stereocenters. The number of halogens is 3. The van der Waals surface area contributed by atoms with Crippen molar-refractivity contribution in [2.75, 3.05) is 0 Å². The number of aromatic nitrogens is 2. The van der Waals surface area contributed by atoms with Crippen molar-refractivity contribution in [3.8, 4) is 0 Å². The van der Waals surface area contributed by atoms with Crippen LogP contribution in [0, 0.1) is 0 Å². The number of rotatable bonds is 1. The van der Waals surface area contributed by atoms with Gasteiger partial charge in [-0.2, -0.15) is 13.2 Å². The van der Waals surface area contributed by atoms with Gasteiger partial charge in [-0.15, -0.1) is 0 Å². The van der Waals surface area contributed by atoms with Gasteiger partial charge in [0.05, 0.1) is 16.6 Å². The Morgan fingerprint density at radius 2 is 2.12 bits per heavy atom. The predicted molar refractivity (Wildman–Crippen MR) is 49.6 cm³/mol. The monoisotopic (exact) mass is 229 g/mol. The van der Waals surface area contributed by atoms with E-state index in [1.807, 2.05) is 0 Å². The van der Waals surface area contributed by atoms with Crippen molar-refractivity contribution in [1.29, 1.82) is 0 Å². The zero-order valence-electron chi connectivity index (χ0n) is 7.80. The Balaban J connectivity index is 2.76. The first-order valence-corrected chi connectivity index (χ1v) is 4.24. The SMILES string of the molecule is NC(=O)c1cc(C(F)(F)F)nc2cc[nH]c12. The number of alkyl halides is 3. The second kappa shape index (κ2) is 3.22. The van der Waals surface area contributed by atoms with Gasteiger partial charge < -0.3 is 10.7 Å². The van der Waals surface area contributed by atoms with Crippen LogP contribution in [0.15, 0.2) is 18.3 Å². The molecule has 1 amide bonds. The molecule has 16 heavy (non-hydrogen) atoms. The van der Waals surface area contributed by atoms with E-state index in [2.05, 4.69) is 9.97 Å². The zero-order chi connectivity index (χ0) is 11.9. The number of nitrogens with two attached hydrogens (primary N) is 1. The molecular formula is C9H6F3N3O. The van der Waals surface area contributed by atoms with E-state index in [4.69, 9.17) is 5.73 Å². The fourth-order valence-corrected chi connectivity index (χ4v) is 1.38. The molecule has 7 heteroatoms. The fraction of sp³-hybridized carbons (Fsp3) is 0.111. The van der Waals surface area contributed by atoms with E-state index in [-0.39, 0.29) is 16.6 Å². The Kier molecular flexibility index (Phi) is 2.11. The Labute approximate surface area is 87.3 Å². The Morgan fingerprint density at radius 1 is 1.44 bits per heavy atom. The quantitative estimate of drug-likeness (QED) is 0.780. The minimum absolute atomic E-state index is 0.0589. The third kappa shape index (κ3) is 1.60. The summed E-state index contributed by atoms with van der Waals surface area (Å²) < 4.78 is 37.3. The number of carbonyl (C=O) groups excluding carboxylic acids is 1. The van der Waals surface area contributed by atoms with Crippen molar-refractivity contribution in [2.45, 2.75) is 6.18 Å². The minimum atomic E-state index is -4.60. The maximum Gasteiger partial charge on any atom is 0.433 e. The molecule has 0 aliphatic carbocycles. The van der Waals surface area contributed by atoms with E-state index in [0.717, 1.165) is 0 Å². The molecule has 2 rings (SSSR count). The molecule has 0 aliphatic heterocycles. The molecule has 0 radical (unpaired) electrons. The average molecular weight is 229 g/mol. The molecule has 0 unspecified atom stereocenters. The molecule has 2 aromatic rings. The normalized spacial score (nSPS) is 11.9. The molecule has 3 N–H and O–H groups in total. The number of pyridine rings is 1. The number of hydrogen-bond donors (Lipinski definition) is 2. The van der Waals surface area contributed by atoms with Gasteiger partial charge in [-0.05, 0) is 12.1 Å². The lowest BCUT2D eigenvalue weighted by Crippen LogP contribution is -2.15. The first kappa shape index (κ1) is 10.5. The summed E-state index contributed by atoms with van der Waals surface area (Å²) in [6, 6.07) is 1.98. The summed E-state index contributed by atoms with van der Waals surface area (Å²) in [5.41, 5.74) is 3.91. The van der Waals surface area contributed by atoms with Crippen LogP contribution in [0.2, 0.25) is 0 Å². The standard InChI is InChI=1S/C9H6F3N3O/c10-9(11,12)6-3-4(8(13)16)7-5(15-6)1-2-14-7/h1-3,14H,(H2,13,16). The fourth-order valence-electron chi connectivity index (χ4n) is 1.38. The highest BCUT2D eigenvalue weighted by molar-refractivity contribution is 6.04. The van der Waals surface area contributed by atoms with Crippen LogP contribution >= 0.6 is 0 Å². The number of nitrogens with one attached hydrogen (secondary N) is 1. The Hall–Kier alpha value is -2.05. The van der Waals surface area contributed by atoms with Gasteiger partial charge >= 0.3 is 6.18 Å². The van der Waals surface area contributed by atoms with Gasteiger partial charge in [-0.3, -0.25) is 4.79 Å². The molecule has 0 fully saturated rings. The highest BCUT2D eigenvalue weighted by atomic mass is 19.4. The Morgan fingerprint density at radius 3 is 2.69 bits per heavy atom. The van der Waals surface area contributed by atoms with Crippen LogP contribution in [-0.4, -0.2) is 15.9 Å². The molecule has 0 saturated carbocycles. The minimum Gasteiger partial charge on any atom is -0.366 e. The molecule has 0 bridgehead atoms. The summed E-state index contributed by atoms with van der Waals surface area (Å²) in [6.07, 6.45) is -3.21. The van der Waals surface area contributed by atoms with Gasteiger partial charge in [0.2, 0.25) is 0 Å². The largest absolute Gasteiger partial charge is 0.433 e. The van der Waals surface area contributed by atoms with E-state index in [9.17, 15) is 18.0 Å².